The first-order chi connectivity index (χ1) is 14.0. The molecule has 150 valence electrons. The van der Waals surface area contributed by atoms with Crippen molar-refractivity contribution >= 4 is 40.6 Å². The topological polar surface area (TPSA) is 87.7 Å². The third-order valence-corrected chi connectivity index (χ3v) is 5.61. The minimum absolute atomic E-state index is 0.311. The molecule has 0 atom stereocenters. The maximum atomic E-state index is 11.8. The van der Waals surface area contributed by atoms with Gasteiger partial charge in [0.15, 0.2) is 0 Å². The van der Waals surface area contributed by atoms with Crippen molar-refractivity contribution in [2.45, 2.75) is 6.92 Å². The Morgan fingerprint density at radius 2 is 1.76 bits per heavy atom. The summed E-state index contributed by atoms with van der Waals surface area (Å²) < 4.78 is 5.31. The van der Waals surface area contributed by atoms with Crippen LogP contribution in [0.25, 0.3) is 6.08 Å². The summed E-state index contributed by atoms with van der Waals surface area (Å²) in [6.07, 6.45) is 1.58. The minimum Gasteiger partial charge on any atom is -0.481 e. The second-order valence-corrected chi connectivity index (χ2v) is 7.81. The number of hydrogen-bond donors (Lipinski definition) is 1. The smallest absolute Gasteiger partial charge is 0.290 e. The van der Waals surface area contributed by atoms with Gasteiger partial charge in [-0.05, 0) is 36.9 Å². The molecule has 2 saturated heterocycles. The van der Waals surface area contributed by atoms with Crippen LogP contribution in [0.15, 0.2) is 35.2 Å². The normalized spacial score (nSPS) is 18.3. The van der Waals surface area contributed by atoms with Gasteiger partial charge < -0.3 is 14.5 Å². The van der Waals surface area contributed by atoms with E-state index in [-0.39, 0.29) is 5.24 Å². The fourth-order valence-corrected chi connectivity index (χ4v) is 3.89. The molecule has 3 heterocycles. The predicted octanol–water partition coefficient (Wildman–Crippen LogP) is 2.44. The van der Waals surface area contributed by atoms with E-state index in [1.165, 1.54) is 11.3 Å². The highest BCUT2D eigenvalue weighted by Gasteiger charge is 2.26. The lowest BCUT2D eigenvalue weighted by molar-refractivity contribution is -0.115. The zero-order valence-electron chi connectivity index (χ0n) is 16.2. The van der Waals surface area contributed by atoms with Crippen molar-refractivity contribution in [1.29, 1.82) is 0 Å². The molecule has 1 aromatic carbocycles. The van der Waals surface area contributed by atoms with E-state index in [1.54, 1.807) is 19.3 Å². The first kappa shape index (κ1) is 19.3. The number of methoxy groups -OCH3 is 1. The number of benzene rings is 1. The largest absolute Gasteiger partial charge is 0.481 e. The van der Waals surface area contributed by atoms with Crippen LogP contribution >= 0.6 is 11.8 Å². The molecule has 0 aliphatic carbocycles. The van der Waals surface area contributed by atoms with Crippen LogP contribution in [-0.2, 0) is 4.79 Å². The summed E-state index contributed by atoms with van der Waals surface area (Å²) in [5.74, 6) is 0.554. The number of rotatable bonds is 4. The average molecular weight is 411 g/mol. The zero-order valence-corrected chi connectivity index (χ0v) is 17.0. The molecule has 0 radical (unpaired) electrons. The molecule has 2 aliphatic rings. The fourth-order valence-electron chi connectivity index (χ4n) is 3.23. The third-order valence-electron chi connectivity index (χ3n) is 4.80. The number of piperazine rings is 1. The Morgan fingerprint density at radius 1 is 1.07 bits per heavy atom. The molecule has 0 bridgehead atoms. The Morgan fingerprint density at radius 3 is 2.38 bits per heavy atom. The summed E-state index contributed by atoms with van der Waals surface area (Å²) in [5, 5.41) is 1.86. The van der Waals surface area contributed by atoms with Crippen molar-refractivity contribution in [2.24, 2.45) is 0 Å². The van der Waals surface area contributed by atoms with Gasteiger partial charge in [0.2, 0.25) is 11.8 Å². The Labute approximate surface area is 173 Å². The molecule has 2 aromatic rings. The van der Waals surface area contributed by atoms with Crippen LogP contribution in [0.5, 0.6) is 5.88 Å². The molecule has 4 rings (SSSR count). The van der Waals surface area contributed by atoms with Crippen LogP contribution in [-0.4, -0.2) is 54.4 Å². The van der Waals surface area contributed by atoms with Gasteiger partial charge in [0.25, 0.3) is 11.1 Å². The molecule has 0 spiro atoms. The van der Waals surface area contributed by atoms with E-state index in [0.717, 1.165) is 37.9 Å². The van der Waals surface area contributed by atoms with Gasteiger partial charge in [0.1, 0.15) is 0 Å². The number of nitrogens with zero attached hydrogens (tertiary/aromatic N) is 4. The van der Waals surface area contributed by atoms with E-state index in [9.17, 15) is 9.59 Å². The van der Waals surface area contributed by atoms with Crippen molar-refractivity contribution in [1.82, 2.24) is 15.3 Å². The van der Waals surface area contributed by atoms with Crippen molar-refractivity contribution in [3.05, 3.63) is 46.5 Å². The Balaban J connectivity index is 1.51. The van der Waals surface area contributed by atoms with Gasteiger partial charge in [0.05, 0.1) is 17.7 Å². The number of ether oxygens (including phenoxy) is 1. The van der Waals surface area contributed by atoms with E-state index in [2.05, 4.69) is 56.3 Å². The minimum atomic E-state index is -0.411. The monoisotopic (exact) mass is 411 g/mol. The lowest BCUT2D eigenvalue weighted by Crippen LogP contribution is -2.47. The predicted molar refractivity (Wildman–Crippen MR) is 113 cm³/mol. The molecule has 2 aliphatic heterocycles. The highest BCUT2D eigenvalue weighted by atomic mass is 32.2. The molecule has 9 heteroatoms. The Hall–Kier alpha value is -3.07. The highest BCUT2D eigenvalue weighted by Crippen LogP contribution is 2.27. The second-order valence-electron chi connectivity index (χ2n) is 6.80. The van der Waals surface area contributed by atoms with Crippen molar-refractivity contribution in [3.8, 4) is 5.88 Å². The van der Waals surface area contributed by atoms with Crippen molar-refractivity contribution in [2.75, 3.05) is 43.1 Å². The second kappa shape index (κ2) is 8.12. The van der Waals surface area contributed by atoms with Crippen LogP contribution in [0, 0.1) is 6.92 Å². The van der Waals surface area contributed by atoms with Crippen LogP contribution in [0.1, 0.15) is 11.3 Å². The van der Waals surface area contributed by atoms with Gasteiger partial charge in [-0.25, -0.2) is 4.98 Å². The molecular formula is C20H21N5O3S. The molecule has 8 nitrogen and oxygen atoms in total. The number of hydrogen-bond acceptors (Lipinski definition) is 8. The van der Waals surface area contributed by atoms with Crippen molar-refractivity contribution in [3.63, 3.8) is 0 Å². The summed E-state index contributed by atoms with van der Waals surface area (Å²) in [7, 11) is 1.54. The van der Waals surface area contributed by atoms with Gasteiger partial charge >= 0.3 is 0 Å². The first-order valence-corrected chi connectivity index (χ1v) is 10.1. The van der Waals surface area contributed by atoms with Gasteiger partial charge in [-0.1, -0.05) is 17.7 Å². The van der Waals surface area contributed by atoms with Crippen molar-refractivity contribution < 1.29 is 14.3 Å². The number of carbonyl (C=O) groups is 2. The molecule has 0 saturated carbocycles. The van der Waals surface area contributed by atoms with E-state index in [1.807, 2.05) is 0 Å². The molecular weight excluding hydrogens is 390 g/mol. The zero-order chi connectivity index (χ0) is 20.4. The molecule has 2 fully saturated rings. The number of anilines is 2. The lowest BCUT2D eigenvalue weighted by Gasteiger charge is -2.36. The third kappa shape index (κ3) is 4.34. The number of nitrogens with one attached hydrogen (secondary N) is 1. The van der Waals surface area contributed by atoms with Gasteiger partial charge in [-0.3, -0.25) is 14.9 Å². The SMILES string of the molecule is COc1cc(/C=C2\SC(=O)NC2=O)nc(N2CCN(c3ccc(C)cc3)CC2)n1. The lowest BCUT2D eigenvalue weighted by atomic mass is 10.2. The van der Waals surface area contributed by atoms with E-state index in [4.69, 9.17) is 4.74 Å². The molecule has 1 aromatic heterocycles. The molecule has 1 N–H and O–H groups in total. The summed E-state index contributed by atoms with van der Waals surface area (Å²) in [6.45, 7) is 5.33. The Bertz CT molecular complexity index is 969. The quantitative estimate of drug-likeness (QED) is 0.768. The van der Waals surface area contributed by atoms with Crippen LogP contribution in [0.4, 0.5) is 16.4 Å². The van der Waals surface area contributed by atoms with E-state index < -0.39 is 5.91 Å². The molecule has 29 heavy (non-hydrogen) atoms. The van der Waals surface area contributed by atoms with Gasteiger partial charge in [0, 0.05) is 37.9 Å². The highest BCUT2D eigenvalue weighted by molar-refractivity contribution is 8.18. The number of aromatic nitrogens is 2. The van der Waals surface area contributed by atoms with E-state index >= 15 is 0 Å². The van der Waals surface area contributed by atoms with Gasteiger partial charge in [-0.2, -0.15) is 4.98 Å². The maximum absolute atomic E-state index is 11.8. The van der Waals surface area contributed by atoms with Gasteiger partial charge in [-0.15, -0.1) is 0 Å². The molecule has 2 amide bonds. The summed E-state index contributed by atoms with van der Waals surface area (Å²) in [6, 6.07) is 10.2. The number of amides is 2. The number of carbonyl (C=O) groups excluding carboxylic acids is 2. The van der Waals surface area contributed by atoms with Crippen LogP contribution < -0.4 is 19.9 Å². The summed E-state index contributed by atoms with van der Waals surface area (Å²) in [5.41, 5.74) is 2.98. The summed E-state index contributed by atoms with van der Waals surface area (Å²) >= 11 is 0.862. The van der Waals surface area contributed by atoms with Crippen LogP contribution in [0.2, 0.25) is 0 Å². The fraction of sp³-hybridized carbons (Fsp3) is 0.300. The number of aryl methyl sites for hydroxylation is 1. The summed E-state index contributed by atoms with van der Waals surface area (Å²) in [4.78, 5) is 37.0. The van der Waals surface area contributed by atoms with E-state index in [0.29, 0.717) is 22.4 Å². The Kier molecular flexibility index (Phi) is 5.39. The molecule has 0 unspecified atom stereocenters. The maximum Gasteiger partial charge on any atom is 0.290 e. The van der Waals surface area contributed by atoms with Crippen LogP contribution in [0.3, 0.4) is 0 Å². The number of imide groups is 1. The number of thioether (sulfide) groups is 1. The average Bonchev–Trinajstić information content (AvgIpc) is 3.05. The first-order valence-electron chi connectivity index (χ1n) is 9.26. The standard InChI is InChI=1S/C20H21N5O3S/c1-13-3-5-15(6-4-13)24-7-9-25(10-8-24)19-21-14(12-17(22-19)28-2)11-16-18(26)23-20(27)29-16/h3-6,11-12H,7-10H2,1-2H3,(H,23,26,27)/b16-11-.